The average molecular weight is 395 g/mol. The summed E-state index contributed by atoms with van der Waals surface area (Å²) in [5.41, 5.74) is 1.04. The molecule has 3 rings (SSSR count). The molecule has 0 saturated heterocycles. The van der Waals surface area contributed by atoms with Crippen LogP contribution in [0.5, 0.6) is 0 Å². The molecule has 0 radical (unpaired) electrons. The summed E-state index contributed by atoms with van der Waals surface area (Å²) < 4.78 is 0. The number of fused-ring (bicyclic) bond motifs is 2. The predicted octanol–water partition coefficient (Wildman–Crippen LogP) is 5.56. The van der Waals surface area contributed by atoms with Gasteiger partial charge in [0, 0.05) is 29.7 Å². The van der Waals surface area contributed by atoms with Gasteiger partial charge in [-0.05, 0) is 61.1 Å². The number of benzene rings is 1. The minimum Gasteiger partial charge on any atom is -0.338 e. The second kappa shape index (κ2) is 9.14. The molecule has 1 aromatic carbocycles. The maximum Gasteiger partial charge on any atom is 0.317 e. The Morgan fingerprint density at radius 2 is 2.12 bits per heavy atom. The van der Waals surface area contributed by atoms with Gasteiger partial charge < -0.3 is 10.2 Å². The van der Waals surface area contributed by atoms with Crippen molar-refractivity contribution in [3.05, 3.63) is 46.0 Å². The van der Waals surface area contributed by atoms with Gasteiger partial charge in [-0.3, -0.25) is 0 Å². The summed E-state index contributed by atoms with van der Waals surface area (Å²) in [7, 11) is 0. The van der Waals surface area contributed by atoms with Crippen molar-refractivity contribution in [1.82, 2.24) is 10.2 Å². The molecule has 3 atom stereocenters. The highest BCUT2D eigenvalue weighted by molar-refractivity contribution is 6.35. The van der Waals surface area contributed by atoms with E-state index in [0.717, 1.165) is 43.8 Å². The summed E-state index contributed by atoms with van der Waals surface area (Å²) in [4.78, 5) is 14.7. The number of unbranched alkanes of at least 4 members (excludes halogenated alkanes) is 1. The molecule has 5 heteroatoms. The molecule has 142 valence electrons. The molecule has 1 N–H and O–H groups in total. The molecule has 1 saturated carbocycles. The number of nitrogens with one attached hydrogen (secondary N) is 1. The van der Waals surface area contributed by atoms with Crippen LogP contribution in [-0.4, -0.2) is 30.6 Å². The van der Waals surface area contributed by atoms with Gasteiger partial charge >= 0.3 is 6.03 Å². The van der Waals surface area contributed by atoms with Crippen molar-refractivity contribution in [1.29, 1.82) is 0 Å². The van der Waals surface area contributed by atoms with E-state index >= 15 is 0 Å². The maximum atomic E-state index is 12.7. The molecule has 0 heterocycles. The lowest BCUT2D eigenvalue weighted by molar-refractivity contribution is 0.183. The number of urea groups is 1. The number of amides is 2. The minimum atomic E-state index is 0.0512. The number of carbonyl (C=O) groups is 1. The zero-order valence-corrected chi connectivity index (χ0v) is 16.9. The molecule has 1 fully saturated rings. The first-order valence-electron chi connectivity index (χ1n) is 9.71. The van der Waals surface area contributed by atoms with Crippen LogP contribution in [0, 0.1) is 17.8 Å². The topological polar surface area (TPSA) is 32.3 Å². The molecule has 2 aliphatic carbocycles. The normalized spacial score (nSPS) is 23.4. The average Bonchev–Trinajstić information content (AvgIpc) is 3.23. The van der Waals surface area contributed by atoms with E-state index in [2.05, 4.69) is 24.4 Å². The van der Waals surface area contributed by atoms with E-state index in [-0.39, 0.29) is 6.03 Å². The predicted molar refractivity (Wildman–Crippen MR) is 109 cm³/mol. The van der Waals surface area contributed by atoms with Gasteiger partial charge in [0.15, 0.2) is 0 Å². The number of allylic oxidation sites excluding steroid dienone is 2. The van der Waals surface area contributed by atoms with E-state index in [4.69, 9.17) is 23.2 Å². The van der Waals surface area contributed by atoms with Crippen molar-refractivity contribution in [3.8, 4) is 0 Å². The summed E-state index contributed by atoms with van der Waals surface area (Å²) in [5, 5.41) is 4.39. The Morgan fingerprint density at radius 3 is 2.77 bits per heavy atom. The molecular formula is C21H28Cl2N2O. The van der Waals surface area contributed by atoms with Crippen molar-refractivity contribution >= 4 is 29.2 Å². The Bertz CT molecular complexity index is 661. The summed E-state index contributed by atoms with van der Waals surface area (Å²) >= 11 is 12.3. The highest BCUT2D eigenvalue weighted by atomic mass is 35.5. The molecule has 1 aromatic rings. The Labute approximate surface area is 166 Å². The van der Waals surface area contributed by atoms with Crippen LogP contribution in [0.15, 0.2) is 30.4 Å². The molecule has 3 unspecified atom stereocenters. The van der Waals surface area contributed by atoms with Crippen molar-refractivity contribution in [2.24, 2.45) is 17.8 Å². The van der Waals surface area contributed by atoms with Gasteiger partial charge in [0.05, 0.1) is 0 Å². The number of hydrogen-bond donors (Lipinski definition) is 1. The lowest BCUT2D eigenvalue weighted by atomic mass is 9.93. The Hall–Kier alpha value is -1.19. The summed E-state index contributed by atoms with van der Waals surface area (Å²) in [6.45, 7) is 4.38. The van der Waals surface area contributed by atoms with Gasteiger partial charge in [0.1, 0.15) is 0 Å². The number of rotatable bonds is 8. The van der Waals surface area contributed by atoms with E-state index in [9.17, 15) is 4.79 Å². The third-order valence-corrected chi connectivity index (χ3v) is 6.22. The zero-order valence-electron chi connectivity index (χ0n) is 15.4. The highest BCUT2D eigenvalue weighted by Gasteiger charge is 2.37. The van der Waals surface area contributed by atoms with Crippen molar-refractivity contribution in [3.63, 3.8) is 0 Å². The largest absolute Gasteiger partial charge is 0.338 e. The van der Waals surface area contributed by atoms with Crippen molar-refractivity contribution in [2.75, 3.05) is 19.6 Å². The molecule has 0 spiro atoms. The van der Waals surface area contributed by atoms with Crippen LogP contribution >= 0.6 is 23.2 Å². The SMILES string of the molecule is CCCCNC(=O)N(CCc1ccc(Cl)cc1Cl)CC1CC2C=CC1C2. The van der Waals surface area contributed by atoms with Gasteiger partial charge in [-0.2, -0.15) is 0 Å². The second-order valence-corrected chi connectivity index (χ2v) is 8.40. The number of nitrogens with zero attached hydrogens (tertiary/aromatic N) is 1. The Kier molecular flexibility index (Phi) is 6.88. The fourth-order valence-electron chi connectivity index (χ4n) is 4.13. The van der Waals surface area contributed by atoms with Crippen molar-refractivity contribution < 1.29 is 4.79 Å². The number of hydrogen-bond acceptors (Lipinski definition) is 1. The number of halogens is 2. The molecule has 26 heavy (non-hydrogen) atoms. The quantitative estimate of drug-likeness (QED) is 0.454. The lowest BCUT2D eigenvalue weighted by Gasteiger charge is -2.29. The Balaban J connectivity index is 1.61. The van der Waals surface area contributed by atoms with E-state index in [1.165, 1.54) is 12.8 Å². The van der Waals surface area contributed by atoms with E-state index in [0.29, 0.717) is 28.4 Å². The molecule has 0 aromatic heterocycles. The zero-order chi connectivity index (χ0) is 18.5. The first kappa shape index (κ1) is 19.6. The van der Waals surface area contributed by atoms with Crippen LogP contribution < -0.4 is 5.32 Å². The first-order valence-corrected chi connectivity index (χ1v) is 10.5. The summed E-state index contributed by atoms with van der Waals surface area (Å²) in [6, 6.07) is 5.63. The second-order valence-electron chi connectivity index (χ2n) is 7.56. The van der Waals surface area contributed by atoms with Crippen LogP contribution in [0.1, 0.15) is 38.2 Å². The van der Waals surface area contributed by atoms with E-state index in [1.807, 2.05) is 17.0 Å². The molecule has 0 aliphatic heterocycles. The van der Waals surface area contributed by atoms with E-state index in [1.54, 1.807) is 6.07 Å². The molecule has 2 amide bonds. The van der Waals surface area contributed by atoms with Crippen LogP contribution in [0.4, 0.5) is 4.79 Å². The lowest BCUT2D eigenvalue weighted by Crippen LogP contribution is -2.44. The summed E-state index contributed by atoms with van der Waals surface area (Å²) in [6.07, 6.45) is 10.0. The first-order chi connectivity index (χ1) is 12.6. The van der Waals surface area contributed by atoms with Gasteiger partial charge in [-0.15, -0.1) is 0 Å². The molecule has 3 nitrogen and oxygen atoms in total. The van der Waals surface area contributed by atoms with E-state index < -0.39 is 0 Å². The summed E-state index contributed by atoms with van der Waals surface area (Å²) in [5.74, 6) is 1.95. The van der Waals surface area contributed by atoms with Crippen LogP contribution in [-0.2, 0) is 6.42 Å². The Morgan fingerprint density at radius 1 is 1.27 bits per heavy atom. The van der Waals surface area contributed by atoms with Gasteiger partial charge in [-0.25, -0.2) is 4.79 Å². The van der Waals surface area contributed by atoms with Gasteiger partial charge in [0.25, 0.3) is 0 Å². The molecule has 2 bridgehead atoms. The smallest absolute Gasteiger partial charge is 0.317 e. The third kappa shape index (κ3) is 4.95. The fourth-order valence-corrected chi connectivity index (χ4v) is 4.63. The van der Waals surface area contributed by atoms with Crippen LogP contribution in [0.2, 0.25) is 10.0 Å². The highest BCUT2D eigenvalue weighted by Crippen LogP contribution is 2.43. The van der Waals surface area contributed by atoms with Gasteiger partial charge in [-0.1, -0.05) is 54.8 Å². The van der Waals surface area contributed by atoms with Crippen LogP contribution in [0.3, 0.4) is 0 Å². The number of carbonyl (C=O) groups excluding carboxylic acids is 1. The minimum absolute atomic E-state index is 0.0512. The van der Waals surface area contributed by atoms with Gasteiger partial charge in [0.2, 0.25) is 0 Å². The van der Waals surface area contributed by atoms with Crippen molar-refractivity contribution in [2.45, 2.75) is 39.0 Å². The third-order valence-electron chi connectivity index (χ3n) is 5.63. The maximum absolute atomic E-state index is 12.7. The molecular weight excluding hydrogens is 367 g/mol. The monoisotopic (exact) mass is 394 g/mol. The molecule has 2 aliphatic rings. The van der Waals surface area contributed by atoms with Crippen LogP contribution in [0.25, 0.3) is 0 Å². The fraction of sp³-hybridized carbons (Fsp3) is 0.571. The standard InChI is InChI=1S/C21H28Cl2N2O/c1-2-3-9-24-21(26)25(14-18-12-15-4-5-17(18)11-15)10-8-16-6-7-19(22)13-20(16)23/h4-7,13,15,17-18H,2-3,8-12,14H2,1H3,(H,24,26).